The quantitative estimate of drug-likeness (QED) is 0.723. The van der Waals surface area contributed by atoms with Crippen LogP contribution in [0, 0.1) is 0 Å². The fourth-order valence-electron chi connectivity index (χ4n) is 1.47. The molecule has 1 aromatic carbocycles. The molecule has 14 heavy (non-hydrogen) atoms. The van der Waals surface area contributed by atoms with Crippen molar-refractivity contribution in [3.05, 3.63) is 35.9 Å². The lowest BCUT2D eigenvalue weighted by Crippen LogP contribution is -2.55. The molecule has 1 saturated heterocycles. The lowest BCUT2D eigenvalue weighted by Gasteiger charge is -2.27. The van der Waals surface area contributed by atoms with Crippen molar-refractivity contribution in [2.45, 2.75) is 6.54 Å². The molecule has 0 saturated carbocycles. The second kappa shape index (κ2) is 4.11. The third-order valence-corrected chi connectivity index (χ3v) is 2.14. The summed E-state index contributed by atoms with van der Waals surface area (Å²) in [5, 5.41) is 4.62. The van der Waals surface area contributed by atoms with Gasteiger partial charge in [-0.15, -0.1) is 0 Å². The van der Waals surface area contributed by atoms with E-state index in [1.165, 1.54) is 5.56 Å². The molecule has 0 bridgehead atoms. The van der Waals surface area contributed by atoms with Crippen molar-refractivity contribution in [1.29, 1.82) is 0 Å². The average Bonchev–Trinajstić information content (AvgIpc) is 2.19. The summed E-state index contributed by atoms with van der Waals surface area (Å²) >= 11 is 0. The first-order chi connectivity index (χ1) is 6.84. The van der Waals surface area contributed by atoms with Gasteiger partial charge >= 0.3 is 6.03 Å². The third kappa shape index (κ3) is 2.23. The van der Waals surface area contributed by atoms with Gasteiger partial charge in [0.05, 0.1) is 0 Å². The zero-order chi connectivity index (χ0) is 9.80. The highest BCUT2D eigenvalue weighted by atomic mass is 16.2. The Morgan fingerprint density at radius 3 is 2.79 bits per heavy atom. The van der Waals surface area contributed by atoms with E-state index in [0.717, 1.165) is 13.1 Å². The maximum Gasteiger partial charge on any atom is 0.329 e. The Bertz CT molecular complexity index is 312. The maximum absolute atomic E-state index is 11.0. The fourth-order valence-corrected chi connectivity index (χ4v) is 1.47. The molecule has 0 aromatic heterocycles. The molecular weight excluding hydrogens is 178 g/mol. The molecule has 0 atom stereocenters. The number of hydrazine groups is 1. The molecular formula is C10H13N3O. The molecule has 2 N–H and O–H groups in total. The van der Waals surface area contributed by atoms with E-state index in [9.17, 15) is 4.79 Å². The maximum atomic E-state index is 11.0. The van der Waals surface area contributed by atoms with E-state index < -0.39 is 0 Å². The molecule has 1 heterocycles. The Kier molecular flexibility index (Phi) is 2.65. The van der Waals surface area contributed by atoms with Gasteiger partial charge in [-0.3, -0.25) is 5.43 Å². The van der Waals surface area contributed by atoms with Crippen molar-refractivity contribution in [2.75, 3.05) is 13.1 Å². The molecule has 0 aliphatic carbocycles. The number of amides is 2. The second-order valence-corrected chi connectivity index (χ2v) is 3.27. The molecule has 4 nitrogen and oxygen atoms in total. The SMILES string of the molecule is O=C1NCCN(Cc2ccccc2)N1. The first-order valence-corrected chi connectivity index (χ1v) is 4.68. The van der Waals surface area contributed by atoms with Crippen molar-refractivity contribution >= 4 is 6.03 Å². The van der Waals surface area contributed by atoms with Gasteiger partial charge in [0.1, 0.15) is 0 Å². The molecule has 4 heteroatoms. The van der Waals surface area contributed by atoms with Gasteiger partial charge in [-0.05, 0) is 5.56 Å². The zero-order valence-corrected chi connectivity index (χ0v) is 7.86. The predicted molar refractivity (Wildman–Crippen MR) is 53.4 cm³/mol. The first kappa shape index (κ1) is 9.02. The minimum atomic E-state index is -0.118. The van der Waals surface area contributed by atoms with Crippen LogP contribution in [0.15, 0.2) is 30.3 Å². The Morgan fingerprint density at radius 2 is 2.07 bits per heavy atom. The minimum Gasteiger partial charge on any atom is -0.336 e. The second-order valence-electron chi connectivity index (χ2n) is 3.27. The molecule has 0 radical (unpaired) electrons. The van der Waals surface area contributed by atoms with Gasteiger partial charge in [0.2, 0.25) is 0 Å². The van der Waals surface area contributed by atoms with Crippen LogP contribution in [0.2, 0.25) is 0 Å². The number of hydrogen-bond donors (Lipinski definition) is 2. The van der Waals surface area contributed by atoms with E-state index in [1.54, 1.807) is 0 Å². The van der Waals surface area contributed by atoms with Crippen LogP contribution >= 0.6 is 0 Å². The summed E-state index contributed by atoms with van der Waals surface area (Å²) in [4.78, 5) is 11.0. The van der Waals surface area contributed by atoms with Crippen molar-refractivity contribution < 1.29 is 4.79 Å². The summed E-state index contributed by atoms with van der Waals surface area (Å²) in [6.45, 7) is 2.30. The van der Waals surface area contributed by atoms with Crippen LogP contribution in [0.1, 0.15) is 5.56 Å². The highest BCUT2D eigenvalue weighted by Gasteiger charge is 2.14. The van der Waals surface area contributed by atoms with Crippen LogP contribution in [-0.4, -0.2) is 24.1 Å². The molecule has 0 spiro atoms. The van der Waals surface area contributed by atoms with E-state index >= 15 is 0 Å². The van der Waals surface area contributed by atoms with Gasteiger partial charge < -0.3 is 5.32 Å². The fraction of sp³-hybridized carbons (Fsp3) is 0.300. The lowest BCUT2D eigenvalue weighted by atomic mass is 10.2. The summed E-state index contributed by atoms with van der Waals surface area (Å²) in [6, 6.07) is 9.97. The Balaban J connectivity index is 1.94. The number of carbonyl (C=O) groups excluding carboxylic acids is 1. The number of benzene rings is 1. The molecule has 1 aliphatic heterocycles. The largest absolute Gasteiger partial charge is 0.336 e. The van der Waals surface area contributed by atoms with Crippen LogP contribution < -0.4 is 10.7 Å². The summed E-state index contributed by atoms with van der Waals surface area (Å²) < 4.78 is 0. The van der Waals surface area contributed by atoms with E-state index in [1.807, 2.05) is 35.3 Å². The summed E-state index contributed by atoms with van der Waals surface area (Å²) in [5.74, 6) is 0. The minimum absolute atomic E-state index is 0.118. The Labute approximate surface area is 82.9 Å². The first-order valence-electron chi connectivity index (χ1n) is 4.68. The highest BCUT2D eigenvalue weighted by molar-refractivity contribution is 5.73. The molecule has 74 valence electrons. The van der Waals surface area contributed by atoms with Crippen molar-refractivity contribution in [1.82, 2.24) is 15.8 Å². The van der Waals surface area contributed by atoms with Crippen molar-refractivity contribution in [2.24, 2.45) is 0 Å². The number of nitrogens with one attached hydrogen (secondary N) is 2. The van der Waals surface area contributed by atoms with Gasteiger partial charge in [0.15, 0.2) is 0 Å². The number of urea groups is 1. The zero-order valence-electron chi connectivity index (χ0n) is 7.86. The molecule has 1 aromatic rings. The van der Waals surface area contributed by atoms with Gasteiger partial charge in [-0.1, -0.05) is 30.3 Å². The standard InChI is InChI=1S/C10H13N3O/c14-10-11-6-7-13(12-10)8-9-4-2-1-3-5-9/h1-5H,6-8H2,(H2,11,12,14). The molecule has 2 rings (SSSR count). The summed E-state index contributed by atoms with van der Waals surface area (Å²) in [6.07, 6.45) is 0. The Hall–Kier alpha value is -1.55. The summed E-state index contributed by atoms with van der Waals surface area (Å²) in [7, 11) is 0. The van der Waals surface area contributed by atoms with Crippen LogP contribution in [-0.2, 0) is 6.54 Å². The topological polar surface area (TPSA) is 44.4 Å². The van der Waals surface area contributed by atoms with E-state index in [0.29, 0.717) is 6.54 Å². The smallest absolute Gasteiger partial charge is 0.329 e. The number of nitrogens with zero attached hydrogens (tertiary/aromatic N) is 1. The van der Waals surface area contributed by atoms with E-state index in [-0.39, 0.29) is 6.03 Å². The lowest BCUT2D eigenvalue weighted by molar-refractivity contribution is 0.151. The molecule has 1 aliphatic rings. The number of carbonyl (C=O) groups is 1. The Morgan fingerprint density at radius 1 is 1.29 bits per heavy atom. The van der Waals surface area contributed by atoms with E-state index in [4.69, 9.17) is 0 Å². The normalized spacial score (nSPS) is 17.3. The van der Waals surface area contributed by atoms with Crippen molar-refractivity contribution in [3.8, 4) is 0 Å². The van der Waals surface area contributed by atoms with Crippen LogP contribution in [0.4, 0.5) is 4.79 Å². The number of hydrogen-bond acceptors (Lipinski definition) is 2. The van der Waals surface area contributed by atoms with Gasteiger partial charge in [0.25, 0.3) is 0 Å². The van der Waals surface area contributed by atoms with Gasteiger partial charge in [-0.2, -0.15) is 0 Å². The molecule has 1 fully saturated rings. The van der Waals surface area contributed by atoms with Crippen LogP contribution in [0.5, 0.6) is 0 Å². The predicted octanol–water partition coefficient (Wildman–Crippen LogP) is 0.716. The number of rotatable bonds is 2. The van der Waals surface area contributed by atoms with Crippen LogP contribution in [0.3, 0.4) is 0 Å². The highest BCUT2D eigenvalue weighted by Crippen LogP contribution is 2.02. The summed E-state index contributed by atoms with van der Waals surface area (Å²) in [5.41, 5.74) is 3.95. The average molecular weight is 191 g/mol. The molecule has 0 unspecified atom stereocenters. The monoisotopic (exact) mass is 191 g/mol. The molecule has 2 amide bonds. The van der Waals surface area contributed by atoms with Gasteiger partial charge in [-0.25, -0.2) is 9.80 Å². The van der Waals surface area contributed by atoms with Gasteiger partial charge in [0, 0.05) is 19.6 Å². The third-order valence-electron chi connectivity index (χ3n) is 2.14. The van der Waals surface area contributed by atoms with Crippen LogP contribution in [0.25, 0.3) is 0 Å². The van der Waals surface area contributed by atoms with E-state index in [2.05, 4.69) is 10.7 Å². The van der Waals surface area contributed by atoms with Crippen molar-refractivity contribution in [3.63, 3.8) is 0 Å².